The molecule has 0 aliphatic carbocycles. The molecule has 0 spiro atoms. The molecule has 20 heavy (non-hydrogen) atoms. The number of carbonyl (C=O) groups is 2. The molecule has 0 saturated heterocycles. The van der Waals surface area contributed by atoms with Gasteiger partial charge in [0.15, 0.2) is 0 Å². The molecular formula is C15H20N2O3. The fraction of sp³-hybridized carbons (Fsp3) is 0.467. The van der Waals surface area contributed by atoms with Crippen molar-refractivity contribution in [3.8, 4) is 0 Å². The zero-order chi connectivity index (χ0) is 14.7. The predicted molar refractivity (Wildman–Crippen MR) is 76.8 cm³/mol. The highest BCUT2D eigenvalue weighted by molar-refractivity contribution is 5.86. The molecule has 0 saturated carbocycles. The summed E-state index contributed by atoms with van der Waals surface area (Å²) >= 11 is 0. The summed E-state index contributed by atoms with van der Waals surface area (Å²) in [4.78, 5) is 25.2. The first-order valence-corrected chi connectivity index (χ1v) is 6.89. The minimum absolute atomic E-state index is 0.187. The predicted octanol–water partition coefficient (Wildman–Crippen LogP) is 1.27. The van der Waals surface area contributed by atoms with Gasteiger partial charge in [-0.2, -0.15) is 0 Å². The van der Waals surface area contributed by atoms with Gasteiger partial charge in [-0.25, -0.2) is 0 Å². The maximum Gasteiger partial charge on any atom is 0.325 e. The van der Waals surface area contributed by atoms with E-state index in [1.807, 2.05) is 18.2 Å². The summed E-state index contributed by atoms with van der Waals surface area (Å²) in [5, 5.41) is 11.4. The Hall–Kier alpha value is -2.04. The van der Waals surface area contributed by atoms with E-state index < -0.39 is 12.0 Å². The van der Waals surface area contributed by atoms with Crippen LogP contribution in [0.1, 0.15) is 19.4 Å². The fourth-order valence-corrected chi connectivity index (χ4v) is 2.55. The first-order valence-electron chi connectivity index (χ1n) is 6.89. The van der Waals surface area contributed by atoms with Gasteiger partial charge >= 0.3 is 5.97 Å². The van der Waals surface area contributed by atoms with Crippen LogP contribution in [0.3, 0.4) is 0 Å². The summed E-state index contributed by atoms with van der Waals surface area (Å²) in [5.74, 6) is -1.40. The van der Waals surface area contributed by atoms with Crippen molar-refractivity contribution in [2.24, 2.45) is 5.92 Å². The quantitative estimate of drug-likeness (QED) is 0.869. The number of fused-ring (bicyclic) bond motifs is 1. The van der Waals surface area contributed by atoms with E-state index in [0.717, 1.165) is 12.1 Å². The van der Waals surface area contributed by atoms with Crippen molar-refractivity contribution in [3.05, 3.63) is 29.8 Å². The van der Waals surface area contributed by atoms with E-state index in [9.17, 15) is 9.59 Å². The highest BCUT2D eigenvalue weighted by Gasteiger charge is 2.29. The summed E-state index contributed by atoms with van der Waals surface area (Å²) in [5.41, 5.74) is 2.31. The van der Waals surface area contributed by atoms with E-state index in [4.69, 9.17) is 5.11 Å². The van der Waals surface area contributed by atoms with E-state index >= 15 is 0 Å². The van der Waals surface area contributed by atoms with Gasteiger partial charge in [-0.3, -0.25) is 9.59 Å². The van der Waals surface area contributed by atoms with Crippen LogP contribution in [-0.4, -0.2) is 36.1 Å². The molecule has 1 aliphatic rings. The highest BCUT2D eigenvalue weighted by atomic mass is 16.4. The third kappa shape index (κ3) is 2.92. The highest BCUT2D eigenvalue weighted by Crippen LogP contribution is 2.29. The summed E-state index contributed by atoms with van der Waals surface area (Å²) in [6, 6.07) is 7.20. The lowest BCUT2D eigenvalue weighted by atomic mass is 9.91. The van der Waals surface area contributed by atoms with Crippen molar-refractivity contribution in [1.82, 2.24) is 5.32 Å². The molecule has 2 atom stereocenters. The molecule has 0 fully saturated rings. The molecule has 1 aromatic rings. The second-order valence-electron chi connectivity index (χ2n) is 5.14. The largest absolute Gasteiger partial charge is 0.480 e. The average molecular weight is 276 g/mol. The van der Waals surface area contributed by atoms with Gasteiger partial charge in [-0.1, -0.05) is 18.2 Å². The van der Waals surface area contributed by atoms with Crippen molar-refractivity contribution >= 4 is 17.6 Å². The number of hydrogen-bond donors (Lipinski definition) is 2. The van der Waals surface area contributed by atoms with E-state index in [1.54, 1.807) is 0 Å². The van der Waals surface area contributed by atoms with Crippen LogP contribution in [0.5, 0.6) is 0 Å². The Morgan fingerprint density at radius 3 is 2.80 bits per heavy atom. The molecule has 1 heterocycles. The molecular weight excluding hydrogens is 256 g/mol. The van der Waals surface area contributed by atoms with Gasteiger partial charge in [0.2, 0.25) is 5.91 Å². The molecule has 5 heteroatoms. The van der Waals surface area contributed by atoms with Gasteiger partial charge in [-0.15, -0.1) is 0 Å². The molecule has 0 aromatic heterocycles. The van der Waals surface area contributed by atoms with Crippen LogP contribution in [0.2, 0.25) is 0 Å². The molecule has 2 N–H and O–H groups in total. The van der Waals surface area contributed by atoms with Crippen molar-refractivity contribution in [2.75, 3.05) is 18.0 Å². The Morgan fingerprint density at radius 1 is 1.45 bits per heavy atom. The Balaban J connectivity index is 2.12. The molecule has 5 nitrogen and oxygen atoms in total. The van der Waals surface area contributed by atoms with Crippen LogP contribution in [0, 0.1) is 5.92 Å². The topological polar surface area (TPSA) is 69.6 Å². The number of aliphatic carboxylic acids is 1. The first-order chi connectivity index (χ1) is 9.52. The Kier molecular flexibility index (Phi) is 4.27. The standard InChI is InChI=1S/C15H20N2O3/c1-3-17-9-12(14(18)16-10(2)15(19)20)8-11-6-4-5-7-13(11)17/h4-7,10,12H,3,8-9H2,1-2H3,(H,16,18)(H,19,20). The Labute approximate surface area is 118 Å². The number of rotatable bonds is 4. The van der Waals surface area contributed by atoms with Gasteiger partial charge in [-0.05, 0) is 31.9 Å². The molecule has 108 valence electrons. The lowest BCUT2D eigenvalue weighted by Gasteiger charge is -2.35. The lowest BCUT2D eigenvalue weighted by Crippen LogP contribution is -2.47. The van der Waals surface area contributed by atoms with Crippen LogP contribution >= 0.6 is 0 Å². The third-order valence-corrected chi connectivity index (χ3v) is 3.72. The van der Waals surface area contributed by atoms with E-state index in [0.29, 0.717) is 13.0 Å². The number of anilines is 1. The normalized spacial score (nSPS) is 19.1. The maximum atomic E-state index is 12.2. The number of nitrogens with one attached hydrogen (secondary N) is 1. The summed E-state index contributed by atoms with van der Waals surface area (Å²) in [6.45, 7) is 4.99. The first kappa shape index (κ1) is 14.4. The van der Waals surface area contributed by atoms with Crippen LogP contribution in [-0.2, 0) is 16.0 Å². The van der Waals surface area contributed by atoms with E-state index in [2.05, 4.69) is 23.2 Å². The Bertz CT molecular complexity index is 516. The number of amides is 1. The number of carboxylic acid groups (broad SMARTS) is 1. The number of carbonyl (C=O) groups excluding carboxylic acids is 1. The molecule has 2 unspecified atom stereocenters. The van der Waals surface area contributed by atoms with Crippen LogP contribution in [0.4, 0.5) is 5.69 Å². The molecule has 1 aromatic carbocycles. The second kappa shape index (κ2) is 5.94. The third-order valence-electron chi connectivity index (χ3n) is 3.72. The van der Waals surface area contributed by atoms with Crippen LogP contribution < -0.4 is 10.2 Å². The van der Waals surface area contributed by atoms with Crippen molar-refractivity contribution in [3.63, 3.8) is 0 Å². The monoisotopic (exact) mass is 276 g/mol. The SMILES string of the molecule is CCN1CC(C(=O)NC(C)C(=O)O)Cc2ccccc21. The summed E-state index contributed by atoms with van der Waals surface area (Å²) < 4.78 is 0. The molecule has 2 rings (SSSR count). The van der Waals surface area contributed by atoms with Gasteiger partial charge in [0.25, 0.3) is 0 Å². The van der Waals surface area contributed by atoms with E-state index in [-0.39, 0.29) is 11.8 Å². The van der Waals surface area contributed by atoms with Crippen LogP contribution in [0.25, 0.3) is 0 Å². The number of hydrogen-bond acceptors (Lipinski definition) is 3. The van der Waals surface area contributed by atoms with Crippen molar-refractivity contribution < 1.29 is 14.7 Å². The smallest absolute Gasteiger partial charge is 0.325 e. The molecule has 0 radical (unpaired) electrons. The Morgan fingerprint density at radius 2 is 2.15 bits per heavy atom. The van der Waals surface area contributed by atoms with Gasteiger partial charge in [0.05, 0.1) is 5.92 Å². The molecule has 1 aliphatic heterocycles. The number of carboxylic acids is 1. The fourth-order valence-electron chi connectivity index (χ4n) is 2.55. The number of nitrogens with zero attached hydrogens (tertiary/aromatic N) is 1. The summed E-state index contributed by atoms with van der Waals surface area (Å²) in [7, 11) is 0. The number of benzene rings is 1. The molecule has 0 bridgehead atoms. The zero-order valence-corrected chi connectivity index (χ0v) is 11.8. The van der Waals surface area contributed by atoms with Crippen LogP contribution in [0.15, 0.2) is 24.3 Å². The average Bonchev–Trinajstić information content (AvgIpc) is 2.45. The lowest BCUT2D eigenvalue weighted by molar-refractivity contribution is -0.141. The van der Waals surface area contributed by atoms with Gasteiger partial charge in [0.1, 0.15) is 6.04 Å². The van der Waals surface area contributed by atoms with Crippen molar-refractivity contribution in [2.45, 2.75) is 26.3 Å². The number of para-hydroxylation sites is 1. The maximum absolute atomic E-state index is 12.2. The second-order valence-corrected chi connectivity index (χ2v) is 5.14. The van der Waals surface area contributed by atoms with E-state index in [1.165, 1.54) is 12.6 Å². The van der Waals surface area contributed by atoms with Crippen molar-refractivity contribution in [1.29, 1.82) is 0 Å². The minimum atomic E-state index is -1.01. The minimum Gasteiger partial charge on any atom is -0.480 e. The van der Waals surface area contributed by atoms with Gasteiger partial charge < -0.3 is 15.3 Å². The van der Waals surface area contributed by atoms with Gasteiger partial charge in [0, 0.05) is 18.8 Å². The molecule has 1 amide bonds. The zero-order valence-electron chi connectivity index (χ0n) is 11.8. The summed E-state index contributed by atoms with van der Waals surface area (Å²) in [6.07, 6.45) is 0.658.